The molecule has 1 atom stereocenters. The fourth-order valence-electron chi connectivity index (χ4n) is 2.75. The van der Waals surface area contributed by atoms with Gasteiger partial charge in [-0.05, 0) is 31.3 Å². The van der Waals surface area contributed by atoms with Crippen LogP contribution in [0.15, 0.2) is 28.7 Å². The highest BCUT2D eigenvalue weighted by Gasteiger charge is 2.65. The summed E-state index contributed by atoms with van der Waals surface area (Å²) in [7, 11) is -8.71. The van der Waals surface area contributed by atoms with Crippen LogP contribution in [0.25, 0.3) is 6.08 Å². The molecule has 1 aromatic rings. The molecule has 0 bridgehead atoms. The number of carbonyl (C=O) groups is 2. The van der Waals surface area contributed by atoms with Crippen molar-refractivity contribution < 1.29 is 71.1 Å². The van der Waals surface area contributed by atoms with Crippen molar-refractivity contribution in [3.63, 3.8) is 0 Å². The molecule has 0 radical (unpaired) electrons. The van der Waals surface area contributed by atoms with Crippen LogP contribution >= 0.6 is 10.2 Å². The molecule has 0 spiro atoms. The maximum absolute atomic E-state index is 13.4. The van der Waals surface area contributed by atoms with E-state index in [2.05, 4.69) is 23.8 Å². The minimum atomic E-state index is -10.2. The zero-order valence-electron chi connectivity index (χ0n) is 18.9. The van der Waals surface area contributed by atoms with E-state index < -0.39 is 68.3 Å². The average molecular weight is 590 g/mol. The number of halogens is 8. The maximum atomic E-state index is 13.4. The second-order valence-electron chi connectivity index (χ2n) is 7.46. The summed E-state index contributed by atoms with van der Waals surface area (Å²) in [5.41, 5.74) is -2.31. The Bertz CT molecular complexity index is 1110. The lowest BCUT2D eigenvalue weighted by atomic mass is 10.0. The van der Waals surface area contributed by atoms with Crippen LogP contribution in [0.2, 0.25) is 0 Å². The van der Waals surface area contributed by atoms with E-state index in [4.69, 9.17) is 0 Å². The molecule has 1 aliphatic rings. The molecular weight excluding hydrogens is 572 g/mol. The number of hydrogen-bond donors (Lipinski definition) is 0. The first-order valence-corrected chi connectivity index (χ1v) is 11.9. The van der Waals surface area contributed by atoms with E-state index in [0.717, 1.165) is 0 Å². The van der Waals surface area contributed by atoms with Crippen LogP contribution in [0, 0.1) is 10.1 Å². The molecule has 38 heavy (non-hydrogen) atoms. The van der Waals surface area contributed by atoms with E-state index in [-0.39, 0.29) is 50.6 Å². The van der Waals surface area contributed by atoms with Gasteiger partial charge in [0.25, 0.3) is 5.09 Å². The van der Waals surface area contributed by atoms with Crippen LogP contribution in [0.5, 0.6) is 5.75 Å². The van der Waals surface area contributed by atoms with Crippen molar-refractivity contribution in [2.24, 2.45) is 0 Å². The number of nitrogens with zero attached hydrogens (tertiary/aromatic N) is 2. The molecule has 1 aliphatic heterocycles. The number of hydrogen-bond acceptors (Lipinski definition) is 10. The Morgan fingerprint density at radius 2 is 1.71 bits per heavy atom. The van der Waals surface area contributed by atoms with E-state index >= 15 is 0 Å². The molecule has 0 aliphatic carbocycles. The Hall–Kier alpha value is -3.55. The lowest BCUT2D eigenvalue weighted by molar-refractivity contribution is -0.757. The zero-order chi connectivity index (χ0) is 29.0. The summed E-state index contributed by atoms with van der Waals surface area (Å²) in [6.45, 7) is -1.74. The third-order valence-electron chi connectivity index (χ3n) is 4.53. The molecule has 0 aromatic heterocycles. The molecule has 0 fully saturated rings. The van der Waals surface area contributed by atoms with Gasteiger partial charge >= 0.3 is 28.5 Å². The summed E-state index contributed by atoms with van der Waals surface area (Å²) in [4.78, 5) is 36.8. The van der Waals surface area contributed by atoms with Gasteiger partial charge in [0.1, 0.15) is 23.9 Å². The van der Waals surface area contributed by atoms with Gasteiger partial charge < -0.3 is 28.7 Å². The number of rotatable bonds is 11. The topological polar surface area (TPSA) is 127 Å². The molecule has 1 aromatic carbocycles. The van der Waals surface area contributed by atoms with Crippen molar-refractivity contribution in [2.75, 3.05) is 40.1 Å². The average Bonchev–Trinajstić information content (AvgIpc) is 2.75. The smallest absolute Gasteiger partial charge is 0.475 e. The van der Waals surface area contributed by atoms with Crippen LogP contribution in [0.4, 0.5) is 37.4 Å². The number of alkyl halides is 3. The summed E-state index contributed by atoms with van der Waals surface area (Å²) in [5.74, 6) is -2.70. The number of fused-ring (bicyclic) bond motifs is 1. The van der Waals surface area contributed by atoms with Crippen LogP contribution in [-0.4, -0.2) is 74.5 Å². The van der Waals surface area contributed by atoms with Crippen molar-refractivity contribution in [1.29, 1.82) is 0 Å². The highest BCUT2D eigenvalue weighted by molar-refractivity contribution is 8.45. The predicted molar refractivity (Wildman–Crippen MR) is 110 cm³/mol. The minimum Gasteiger partial charge on any atom is -0.475 e. The van der Waals surface area contributed by atoms with Crippen molar-refractivity contribution in [2.45, 2.75) is 17.2 Å². The molecular formula is C18H18F8N2O9S. The minimum absolute atomic E-state index is 0.0494. The van der Waals surface area contributed by atoms with Gasteiger partial charge in [0, 0.05) is 18.7 Å². The van der Waals surface area contributed by atoms with Crippen LogP contribution in [-0.2, 0) is 23.8 Å². The Balaban J connectivity index is 2.01. The van der Waals surface area contributed by atoms with Crippen molar-refractivity contribution >= 4 is 28.4 Å². The van der Waals surface area contributed by atoms with Crippen molar-refractivity contribution in [3.05, 3.63) is 39.4 Å². The van der Waals surface area contributed by atoms with Gasteiger partial charge in [-0.1, -0.05) is 19.4 Å². The van der Waals surface area contributed by atoms with E-state index in [1.54, 1.807) is 0 Å². The molecule has 0 saturated carbocycles. The summed E-state index contributed by atoms with van der Waals surface area (Å²) in [6.07, 6.45) is -9.50. The van der Waals surface area contributed by atoms with Gasteiger partial charge in [0.2, 0.25) is 12.9 Å². The third-order valence-corrected chi connectivity index (χ3v) is 5.67. The Labute approximate surface area is 207 Å². The van der Waals surface area contributed by atoms with E-state index in [9.17, 15) is 52.3 Å². The summed E-state index contributed by atoms with van der Waals surface area (Å²) < 4.78 is 123. The molecule has 0 N–H and O–H groups in total. The Kier molecular flexibility index (Phi) is 8.32. The van der Waals surface area contributed by atoms with E-state index in [0.29, 0.717) is 0 Å². The summed E-state index contributed by atoms with van der Waals surface area (Å²) >= 11 is 0. The summed E-state index contributed by atoms with van der Waals surface area (Å²) in [5, 5.41) is 9.03. The lowest BCUT2D eigenvalue weighted by Crippen LogP contribution is -2.41. The number of benzene rings is 1. The molecule has 1 unspecified atom stereocenters. The van der Waals surface area contributed by atoms with Gasteiger partial charge in [-0.2, -0.15) is 13.2 Å². The van der Waals surface area contributed by atoms with E-state index in [1.165, 1.54) is 11.9 Å². The summed E-state index contributed by atoms with van der Waals surface area (Å²) in [6, 6.07) is -0.0699. The quantitative estimate of drug-likeness (QED) is 0.116. The first kappa shape index (κ1) is 30.7. The van der Waals surface area contributed by atoms with Gasteiger partial charge in [-0.3, -0.25) is 0 Å². The predicted octanol–water partition coefficient (Wildman–Crippen LogP) is 4.84. The molecule has 20 heteroatoms. The maximum Gasteiger partial charge on any atom is 0.511 e. The molecule has 216 valence electrons. The number of likely N-dealkylation sites (N-methyl/N-ethyl adjacent to an activating group) is 1. The fraction of sp³-hybridized carbons (Fsp3) is 0.444. The third kappa shape index (κ3) is 9.08. The molecule has 0 amide bonds. The standard InChI is InChI=1S/C18H18F8N2O9S/c1-27(5-7-36-28(31)32)4-6-33-17(30)35-10-34-16(29)13-9-11-8-12(38(22,23,24,25)26)2-3-14(11)37-15(13)18(19,20)21/h2-3,8-9,15H,4-7,10H2,1H3. The monoisotopic (exact) mass is 590 g/mol. The van der Waals surface area contributed by atoms with Gasteiger partial charge in [0.15, 0.2) is 0 Å². The SMILES string of the molecule is CN(CCOC(=O)OCOC(=O)C1=Cc2cc(S(F)(F)(F)(F)F)ccc2OC1C(F)(F)F)CCO[N+](=O)[O-]. The fourth-order valence-corrected chi connectivity index (χ4v) is 3.43. The van der Waals surface area contributed by atoms with Crippen LogP contribution < -0.4 is 4.74 Å². The first-order chi connectivity index (χ1) is 17.2. The highest BCUT2D eigenvalue weighted by atomic mass is 32.5. The number of ether oxygens (including phenoxy) is 4. The Morgan fingerprint density at radius 1 is 1.08 bits per heavy atom. The van der Waals surface area contributed by atoms with Gasteiger partial charge in [-0.25, -0.2) is 9.59 Å². The first-order valence-electron chi connectivity index (χ1n) is 9.93. The highest BCUT2D eigenvalue weighted by Crippen LogP contribution is 3.02. The van der Waals surface area contributed by atoms with Crippen LogP contribution in [0.3, 0.4) is 0 Å². The molecule has 1 heterocycles. The molecule has 0 saturated heterocycles. The van der Waals surface area contributed by atoms with Crippen molar-refractivity contribution in [3.8, 4) is 5.75 Å². The second kappa shape index (κ2) is 10.3. The normalized spacial score (nSPS) is 17.2. The largest absolute Gasteiger partial charge is 0.511 e. The number of esters is 1. The van der Waals surface area contributed by atoms with Crippen LogP contribution in [0.1, 0.15) is 5.56 Å². The van der Waals surface area contributed by atoms with E-state index in [1.807, 2.05) is 0 Å². The lowest BCUT2D eigenvalue weighted by Gasteiger charge is -2.41. The Morgan fingerprint density at radius 3 is 2.29 bits per heavy atom. The molecule has 2 rings (SSSR count). The number of carbonyl (C=O) groups excluding carboxylic acids is 2. The van der Waals surface area contributed by atoms with Gasteiger partial charge in [-0.15, -0.1) is 10.1 Å². The van der Waals surface area contributed by atoms with Gasteiger partial charge in [0.05, 0.1) is 5.57 Å². The zero-order valence-corrected chi connectivity index (χ0v) is 19.7. The molecule has 11 nitrogen and oxygen atoms in total. The second-order valence-corrected chi connectivity index (χ2v) is 9.87. The van der Waals surface area contributed by atoms with Crippen molar-refractivity contribution in [1.82, 2.24) is 4.90 Å².